The molecule has 0 bridgehead atoms. The lowest BCUT2D eigenvalue weighted by Crippen LogP contribution is -2.32. The van der Waals surface area contributed by atoms with Gasteiger partial charge in [0.2, 0.25) is 17.7 Å². The van der Waals surface area contributed by atoms with Crippen LogP contribution in [-0.2, 0) is 11.2 Å². The Balaban J connectivity index is 1.53. The highest BCUT2D eigenvalue weighted by atomic mass is 16.5. The molecule has 1 aliphatic heterocycles. The van der Waals surface area contributed by atoms with E-state index in [-0.39, 0.29) is 12.0 Å². The van der Waals surface area contributed by atoms with Crippen molar-refractivity contribution in [3.63, 3.8) is 0 Å². The lowest BCUT2D eigenvalue weighted by molar-refractivity contribution is -0.129. The monoisotopic (exact) mass is 355 g/mol. The molecule has 0 saturated carbocycles. The van der Waals surface area contributed by atoms with Gasteiger partial charge in [-0.05, 0) is 17.0 Å². The molecule has 26 heavy (non-hydrogen) atoms. The van der Waals surface area contributed by atoms with Crippen LogP contribution in [-0.4, -0.2) is 47.1 Å². The molecule has 1 aromatic heterocycles. The summed E-state index contributed by atoms with van der Waals surface area (Å²) in [4.78, 5) is 22.6. The Morgan fingerprint density at radius 1 is 1.23 bits per heavy atom. The topological polar surface area (TPSA) is 64.6 Å². The Morgan fingerprint density at radius 2 is 1.96 bits per heavy atom. The number of aromatic nitrogens is 2. The fraction of sp³-hybridized carbons (Fsp3) is 0.450. The largest absolute Gasteiger partial charge is 0.480 e. The molecule has 1 fully saturated rings. The summed E-state index contributed by atoms with van der Waals surface area (Å²) in [5.41, 5.74) is 2.33. The lowest BCUT2D eigenvalue weighted by atomic mass is 10.0. The average Bonchev–Trinajstić information content (AvgIpc) is 3.11. The molecule has 2 heterocycles. The Kier molecular flexibility index (Phi) is 5.71. The third-order valence-electron chi connectivity index (χ3n) is 4.59. The van der Waals surface area contributed by atoms with E-state index in [0.717, 1.165) is 12.0 Å². The van der Waals surface area contributed by atoms with Gasteiger partial charge in [0, 0.05) is 13.0 Å². The Labute approximate surface area is 154 Å². The molecule has 1 atom stereocenters. The number of carbonyl (C=O) groups excluding carboxylic acids is 1. The van der Waals surface area contributed by atoms with E-state index in [1.54, 1.807) is 6.20 Å². The van der Waals surface area contributed by atoms with Crippen LogP contribution in [0.5, 0.6) is 11.8 Å². The first-order chi connectivity index (χ1) is 12.5. The van der Waals surface area contributed by atoms with Crippen molar-refractivity contribution in [3.05, 3.63) is 47.8 Å². The molecule has 1 aromatic carbocycles. The molecule has 6 nitrogen and oxygen atoms in total. The van der Waals surface area contributed by atoms with Crippen molar-refractivity contribution < 1.29 is 14.3 Å². The van der Waals surface area contributed by atoms with Crippen LogP contribution in [0.25, 0.3) is 0 Å². The van der Waals surface area contributed by atoms with Gasteiger partial charge in [-0.1, -0.05) is 38.1 Å². The van der Waals surface area contributed by atoms with Crippen LogP contribution in [0.1, 0.15) is 37.3 Å². The summed E-state index contributed by atoms with van der Waals surface area (Å²) < 4.78 is 10.9. The van der Waals surface area contributed by atoms with Gasteiger partial charge >= 0.3 is 0 Å². The van der Waals surface area contributed by atoms with E-state index >= 15 is 0 Å². The van der Waals surface area contributed by atoms with Crippen molar-refractivity contribution in [2.45, 2.75) is 38.7 Å². The first-order valence-corrected chi connectivity index (χ1v) is 8.94. The molecule has 2 aromatic rings. The van der Waals surface area contributed by atoms with Crippen LogP contribution >= 0.6 is 0 Å². The summed E-state index contributed by atoms with van der Waals surface area (Å²) in [5.74, 6) is 1.47. The zero-order valence-electron chi connectivity index (χ0n) is 15.5. The lowest BCUT2D eigenvalue weighted by Gasteiger charge is -2.17. The van der Waals surface area contributed by atoms with Crippen molar-refractivity contribution in [1.82, 2.24) is 14.9 Å². The maximum absolute atomic E-state index is 12.6. The molecular weight excluding hydrogens is 330 g/mol. The minimum absolute atomic E-state index is 0.0660. The molecule has 1 aliphatic rings. The number of likely N-dealkylation sites (tertiary alicyclic amines) is 1. The average molecular weight is 355 g/mol. The predicted molar refractivity (Wildman–Crippen MR) is 98.4 cm³/mol. The van der Waals surface area contributed by atoms with Gasteiger partial charge in [-0.3, -0.25) is 9.78 Å². The number of benzene rings is 1. The highest BCUT2D eigenvalue weighted by Crippen LogP contribution is 2.19. The normalized spacial score (nSPS) is 16.8. The van der Waals surface area contributed by atoms with Crippen LogP contribution in [0.3, 0.4) is 0 Å². The van der Waals surface area contributed by atoms with Crippen LogP contribution in [0.2, 0.25) is 0 Å². The van der Waals surface area contributed by atoms with Crippen molar-refractivity contribution >= 4 is 5.91 Å². The molecular formula is C20H25N3O3. The smallest absolute Gasteiger partial charge is 0.235 e. The van der Waals surface area contributed by atoms with Gasteiger partial charge < -0.3 is 14.4 Å². The van der Waals surface area contributed by atoms with E-state index in [2.05, 4.69) is 35.9 Å². The minimum Gasteiger partial charge on any atom is -0.480 e. The predicted octanol–water partition coefficient (Wildman–Crippen LogP) is 2.83. The van der Waals surface area contributed by atoms with Gasteiger partial charge in [-0.15, -0.1) is 0 Å². The van der Waals surface area contributed by atoms with Crippen molar-refractivity contribution in [2.75, 3.05) is 20.2 Å². The first kappa shape index (κ1) is 18.2. The molecule has 1 unspecified atom stereocenters. The van der Waals surface area contributed by atoms with Crippen molar-refractivity contribution in [2.24, 2.45) is 0 Å². The minimum atomic E-state index is -0.0660. The standard InChI is InChI=1S/C20H25N3O3/c1-14(2)16-6-4-15(5-7-16)10-20(24)23-9-8-17(13-23)26-19-12-21-11-18(22-19)25-3/h4-7,11-12,14,17H,8-10,13H2,1-3H3. The molecule has 1 saturated heterocycles. The highest BCUT2D eigenvalue weighted by molar-refractivity contribution is 5.79. The molecule has 1 amide bonds. The SMILES string of the molecule is COc1cncc(OC2CCN(C(=O)Cc3ccc(C(C)C)cc3)C2)n1. The van der Waals surface area contributed by atoms with E-state index in [0.29, 0.717) is 37.2 Å². The van der Waals surface area contributed by atoms with Crippen LogP contribution in [0.15, 0.2) is 36.7 Å². The number of nitrogens with zero attached hydrogens (tertiary/aromatic N) is 3. The van der Waals surface area contributed by atoms with Crippen LogP contribution < -0.4 is 9.47 Å². The number of rotatable bonds is 6. The summed E-state index contributed by atoms with van der Waals surface area (Å²) >= 11 is 0. The summed E-state index contributed by atoms with van der Waals surface area (Å²) in [5, 5.41) is 0. The molecule has 3 rings (SSSR count). The number of amides is 1. The van der Waals surface area contributed by atoms with Crippen molar-refractivity contribution in [1.29, 1.82) is 0 Å². The summed E-state index contributed by atoms with van der Waals surface area (Å²) in [6, 6.07) is 8.29. The van der Waals surface area contributed by atoms with Crippen LogP contribution in [0.4, 0.5) is 0 Å². The second-order valence-corrected chi connectivity index (χ2v) is 6.84. The van der Waals surface area contributed by atoms with E-state index in [4.69, 9.17) is 9.47 Å². The van der Waals surface area contributed by atoms with E-state index in [1.165, 1.54) is 18.9 Å². The summed E-state index contributed by atoms with van der Waals surface area (Å²) in [6.07, 6.45) is 4.23. The second-order valence-electron chi connectivity index (χ2n) is 6.84. The number of methoxy groups -OCH3 is 1. The fourth-order valence-electron chi connectivity index (χ4n) is 3.01. The molecule has 6 heteroatoms. The van der Waals surface area contributed by atoms with Gasteiger partial charge in [0.15, 0.2) is 0 Å². The maximum atomic E-state index is 12.6. The molecule has 0 radical (unpaired) electrons. The number of hydrogen-bond donors (Lipinski definition) is 0. The maximum Gasteiger partial charge on any atom is 0.235 e. The zero-order valence-corrected chi connectivity index (χ0v) is 15.5. The van der Waals surface area contributed by atoms with E-state index in [9.17, 15) is 4.79 Å². The number of carbonyl (C=O) groups is 1. The quantitative estimate of drug-likeness (QED) is 0.797. The molecule has 0 aliphatic carbocycles. The first-order valence-electron chi connectivity index (χ1n) is 8.94. The third-order valence-corrected chi connectivity index (χ3v) is 4.59. The second kappa shape index (κ2) is 8.17. The van der Waals surface area contributed by atoms with E-state index < -0.39 is 0 Å². The fourth-order valence-corrected chi connectivity index (χ4v) is 3.01. The van der Waals surface area contributed by atoms with E-state index in [1.807, 2.05) is 17.0 Å². The Hall–Kier alpha value is -2.63. The third kappa shape index (κ3) is 4.50. The molecule has 0 N–H and O–H groups in total. The highest BCUT2D eigenvalue weighted by Gasteiger charge is 2.28. The Morgan fingerprint density at radius 3 is 2.65 bits per heavy atom. The van der Waals surface area contributed by atoms with Crippen LogP contribution in [0, 0.1) is 0 Å². The van der Waals surface area contributed by atoms with Gasteiger partial charge in [0.05, 0.1) is 32.5 Å². The molecule has 0 spiro atoms. The van der Waals surface area contributed by atoms with Gasteiger partial charge in [0.25, 0.3) is 0 Å². The number of hydrogen-bond acceptors (Lipinski definition) is 5. The van der Waals surface area contributed by atoms with Gasteiger partial charge in [0.1, 0.15) is 6.10 Å². The zero-order chi connectivity index (χ0) is 18.5. The van der Waals surface area contributed by atoms with Gasteiger partial charge in [-0.2, -0.15) is 4.98 Å². The molecule has 138 valence electrons. The summed E-state index contributed by atoms with van der Waals surface area (Å²) in [6.45, 7) is 5.60. The van der Waals surface area contributed by atoms with Gasteiger partial charge in [-0.25, -0.2) is 0 Å². The Bertz CT molecular complexity index is 746. The summed E-state index contributed by atoms with van der Waals surface area (Å²) in [7, 11) is 1.54. The number of ether oxygens (including phenoxy) is 2. The van der Waals surface area contributed by atoms with Crippen molar-refractivity contribution in [3.8, 4) is 11.8 Å².